The highest BCUT2D eigenvalue weighted by molar-refractivity contribution is 5.77. The first-order valence-electron chi connectivity index (χ1n) is 12.0. The van der Waals surface area contributed by atoms with Gasteiger partial charge in [-0.2, -0.15) is 13.2 Å². The molecule has 8 heteroatoms. The summed E-state index contributed by atoms with van der Waals surface area (Å²) in [6, 6.07) is 10.4. The van der Waals surface area contributed by atoms with Crippen molar-refractivity contribution in [3.05, 3.63) is 93.4 Å². The van der Waals surface area contributed by atoms with E-state index in [2.05, 4.69) is 4.98 Å². The summed E-state index contributed by atoms with van der Waals surface area (Å²) in [5, 5.41) is 9.27. The van der Waals surface area contributed by atoms with Crippen molar-refractivity contribution >= 4 is 5.97 Å². The van der Waals surface area contributed by atoms with Crippen molar-refractivity contribution in [1.82, 2.24) is 4.98 Å². The van der Waals surface area contributed by atoms with Crippen LogP contribution in [0.1, 0.15) is 63.6 Å². The number of halogens is 4. The number of pyridine rings is 1. The minimum absolute atomic E-state index is 0.00801. The SMILES string of the molecule is O=C(O)[C@H]1[C@@H]2Cc3cc(OCc4cc5c(cc4F)CCCC5c4ccccc4C(F)(F)F)ncc3[C@@H]21. The second-order valence-corrected chi connectivity index (χ2v) is 9.94. The molecule has 1 unspecified atom stereocenters. The van der Waals surface area contributed by atoms with Crippen LogP contribution in [-0.4, -0.2) is 16.1 Å². The van der Waals surface area contributed by atoms with E-state index in [1.807, 2.05) is 0 Å². The van der Waals surface area contributed by atoms with Crippen LogP contribution in [0.3, 0.4) is 0 Å². The molecule has 3 aliphatic carbocycles. The second kappa shape index (κ2) is 8.32. The Kier molecular flexibility index (Phi) is 5.32. The Hall–Kier alpha value is -3.42. The van der Waals surface area contributed by atoms with Crippen molar-refractivity contribution in [1.29, 1.82) is 0 Å². The van der Waals surface area contributed by atoms with Crippen molar-refractivity contribution in [3.63, 3.8) is 0 Å². The lowest BCUT2D eigenvalue weighted by atomic mass is 9.77. The molecule has 1 heterocycles. The number of aromatic nitrogens is 1. The molecule has 0 aliphatic heterocycles. The average molecular weight is 497 g/mol. The van der Waals surface area contributed by atoms with Gasteiger partial charge in [-0.1, -0.05) is 18.2 Å². The Morgan fingerprint density at radius 3 is 2.67 bits per heavy atom. The van der Waals surface area contributed by atoms with Crippen LogP contribution < -0.4 is 4.74 Å². The number of alkyl halides is 3. The van der Waals surface area contributed by atoms with Gasteiger partial charge in [0.1, 0.15) is 12.4 Å². The van der Waals surface area contributed by atoms with Crippen molar-refractivity contribution in [2.45, 2.75) is 50.3 Å². The number of carboxylic acids is 1. The molecule has 0 amide bonds. The van der Waals surface area contributed by atoms with Crippen molar-refractivity contribution < 1.29 is 32.2 Å². The van der Waals surface area contributed by atoms with E-state index >= 15 is 0 Å². The topological polar surface area (TPSA) is 59.4 Å². The normalized spacial score (nSPS) is 24.0. The molecular formula is C28H23F4NO3. The van der Waals surface area contributed by atoms with Gasteiger partial charge in [0, 0.05) is 29.7 Å². The van der Waals surface area contributed by atoms with Gasteiger partial charge in [0.05, 0.1) is 11.5 Å². The number of hydrogen-bond donors (Lipinski definition) is 1. The van der Waals surface area contributed by atoms with Gasteiger partial charge in [0.2, 0.25) is 5.88 Å². The number of aliphatic carboxylic acids is 1. The molecule has 0 spiro atoms. The zero-order valence-electron chi connectivity index (χ0n) is 19.2. The minimum atomic E-state index is -4.47. The van der Waals surface area contributed by atoms with Crippen molar-refractivity contribution in [3.8, 4) is 5.88 Å². The summed E-state index contributed by atoms with van der Waals surface area (Å²) >= 11 is 0. The number of carbonyl (C=O) groups is 1. The Bertz CT molecular complexity index is 1370. The van der Waals surface area contributed by atoms with Crippen LogP contribution in [0.2, 0.25) is 0 Å². The van der Waals surface area contributed by atoms with Crippen LogP contribution in [0, 0.1) is 17.7 Å². The Morgan fingerprint density at radius 2 is 1.89 bits per heavy atom. The Labute approximate surface area is 204 Å². The summed E-state index contributed by atoms with van der Waals surface area (Å²) < 4.78 is 61.8. The van der Waals surface area contributed by atoms with Crippen molar-refractivity contribution in [2.24, 2.45) is 11.8 Å². The summed E-state index contributed by atoms with van der Waals surface area (Å²) in [5.74, 6) is -1.62. The quantitative estimate of drug-likeness (QED) is 0.423. The molecule has 6 rings (SSSR count). The third-order valence-corrected chi connectivity index (χ3v) is 7.91. The zero-order valence-corrected chi connectivity index (χ0v) is 19.2. The molecule has 1 aromatic heterocycles. The van der Waals surface area contributed by atoms with Gasteiger partial charge in [-0.05, 0) is 77.6 Å². The standard InChI is InChI=1S/C28H23F4NO3/c29-23-10-14-4-3-6-17(18-5-1-2-7-22(18)28(30,31)32)19(14)9-16(23)13-36-24-11-15-8-20-25(21(15)12-33-24)26(20)27(34)35/h1-2,5,7,9-12,17,20,25-26H,3-4,6,8,13H2,(H,34,35)/t17?,20-,25-,26+/m1/s1. The molecule has 4 nitrogen and oxygen atoms in total. The Balaban J connectivity index is 1.25. The number of nitrogens with zero attached hydrogens (tertiary/aromatic N) is 1. The fraction of sp³-hybridized carbons (Fsp3) is 0.357. The first kappa shape index (κ1) is 23.0. The highest BCUT2D eigenvalue weighted by atomic mass is 19.4. The summed E-state index contributed by atoms with van der Waals surface area (Å²) in [7, 11) is 0. The van der Waals surface area contributed by atoms with E-state index in [0.717, 1.165) is 22.8 Å². The number of ether oxygens (including phenoxy) is 1. The van der Waals surface area contributed by atoms with Gasteiger partial charge in [-0.3, -0.25) is 4.79 Å². The molecule has 2 aromatic carbocycles. The number of fused-ring (bicyclic) bond motifs is 4. The van der Waals surface area contributed by atoms with Crippen molar-refractivity contribution in [2.75, 3.05) is 0 Å². The molecule has 1 fully saturated rings. The van der Waals surface area contributed by atoms with E-state index in [0.29, 0.717) is 37.1 Å². The third-order valence-electron chi connectivity index (χ3n) is 7.91. The number of rotatable bonds is 5. The van der Waals surface area contributed by atoms with Crippen LogP contribution in [0.5, 0.6) is 5.88 Å². The first-order valence-corrected chi connectivity index (χ1v) is 12.0. The van der Waals surface area contributed by atoms with Crippen LogP contribution in [0.4, 0.5) is 17.6 Å². The molecular weight excluding hydrogens is 474 g/mol. The summed E-state index contributed by atoms with van der Waals surface area (Å²) in [5.41, 5.74) is 3.19. The van der Waals surface area contributed by atoms with Gasteiger partial charge in [-0.15, -0.1) is 0 Å². The maximum Gasteiger partial charge on any atom is 0.416 e. The number of benzene rings is 2. The predicted molar refractivity (Wildman–Crippen MR) is 122 cm³/mol. The Morgan fingerprint density at radius 1 is 1.08 bits per heavy atom. The van der Waals surface area contributed by atoms with Gasteiger partial charge in [0.15, 0.2) is 0 Å². The minimum Gasteiger partial charge on any atom is -0.481 e. The molecule has 4 atom stereocenters. The molecule has 3 aromatic rings. The molecule has 0 radical (unpaired) electrons. The van der Waals surface area contributed by atoms with E-state index in [4.69, 9.17) is 4.74 Å². The number of hydrogen-bond acceptors (Lipinski definition) is 3. The lowest BCUT2D eigenvalue weighted by molar-refractivity contribution is -0.139. The fourth-order valence-corrected chi connectivity index (χ4v) is 6.20. The largest absolute Gasteiger partial charge is 0.481 e. The summed E-state index contributed by atoms with van der Waals surface area (Å²) in [4.78, 5) is 15.6. The highest BCUT2D eigenvalue weighted by Crippen LogP contribution is 2.61. The second-order valence-electron chi connectivity index (χ2n) is 9.94. The maximum atomic E-state index is 14.9. The maximum absolute atomic E-state index is 14.9. The van der Waals surface area contributed by atoms with Gasteiger partial charge in [0.25, 0.3) is 0 Å². The number of carboxylic acid groups (broad SMARTS) is 1. The van der Waals surface area contributed by atoms with Crippen LogP contribution in [0.15, 0.2) is 48.7 Å². The van der Waals surface area contributed by atoms with Crippen LogP contribution in [0.25, 0.3) is 0 Å². The lowest BCUT2D eigenvalue weighted by Crippen LogP contribution is -2.18. The van der Waals surface area contributed by atoms with E-state index in [9.17, 15) is 27.5 Å². The van der Waals surface area contributed by atoms with Gasteiger partial charge < -0.3 is 9.84 Å². The molecule has 186 valence electrons. The third kappa shape index (κ3) is 3.83. The summed E-state index contributed by atoms with van der Waals surface area (Å²) in [6.07, 6.45) is -0.315. The molecule has 1 saturated carbocycles. The molecule has 3 aliphatic rings. The molecule has 1 N–H and O–H groups in total. The smallest absolute Gasteiger partial charge is 0.416 e. The molecule has 36 heavy (non-hydrogen) atoms. The van der Waals surface area contributed by atoms with E-state index < -0.39 is 29.4 Å². The van der Waals surface area contributed by atoms with E-state index in [-0.39, 0.29) is 35.5 Å². The summed E-state index contributed by atoms with van der Waals surface area (Å²) in [6.45, 7) is -0.108. The first-order chi connectivity index (χ1) is 17.2. The molecule has 0 saturated heterocycles. The highest BCUT2D eigenvalue weighted by Gasteiger charge is 2.60. The lowest BCUT2D eigenvalue weighted by Gasteiger charge is -2.29. The predicted octanol–water partition coefficient (Wildman–Crippen LogP) is 6.26. The number of aryl methyl sites for hydroxylation is 1. The zero-order chi connectivity index (χ0) is 25.2. The van der Waals surface area contributed by atoms with Crippen LogP contribution >= 0.6 is 0 Å². The van der Waals surface area contributed by atoms with Gasteiger partial charge in [-0.25, -0.2) is 9.37 Å². The van der Waals surface area contributed by atoms with Gasteiger partial charge >= 0.3 is 12.1 Å². The van der Waals surface area contributed by atoms with E-state index in [1.165, 1.54) is 18.2 Å². The fourth-order valence-electron chi connectivity index (χ4n) is 6.20. The monoisotopic (exact) mass is 497 g/mol. The van der Waals surface area contributed by atoms with E-state index in [1.54, 1.807) is 24.4 Å². The average Bonchev–Trinajstić information content (AvgIpc) is 3.44. The van der Waals surface area contributed by atoms with Crippen LogP contribution in [-0.2, 0) is 30.4 Å². The molecule has 0 bridgehead atoms.